The minimum absolute atomic E-state index is 0.0945. The first-order valence-corrected chi connectivity index (χ1v) is 15.2. The molecule has 4 heterocycles. The van der Waals surface area contributed by atoms with Crippen LogP contribution < -0.4 is 5.32 Å². The van der Waals surface area contributed by atoms with Gasteiger partial charge >= 0.3 is 5.97 Å². The standard InChI is InChI=1S/C33H47N3O4/c1-32(2,3)40-31(37)29(27-13-7-8-14-28(27)33(4)17-20-38-23-33)36-21-26(22-36)39-19-9-5-6-12-25-16-15-24-11-10-18-34-30(24)35-25/h7-8,13-16,26,29H,5-6,9-12,17-23H2,1-4H3,(H,34,35). The zero-order chi connectivity index (χ0) is 28.2. The molecule has 0 spiro atoms. The van der Waals surface area contributed by atoms with E-state index in [1.54, 1.807) is 0 Å². The molecule has 0 bridgehead atoms. The lowest BCUT2D eigenvalue weighted by Crippen LogP contribution is -2.56. The van der Waals surface area contributed by atoms with Crippen molar-refractivity contribution in [2.24, 2.45) is 0 Å². The highest BCUT2D eigenvalue weighted by Crippen LogP contribution is 2.40. The van der Waals surface area contributed by atoms with E-state index in [1.807, 2.05) is 26.8 Å². The molecule has 1 N–H and O–H groups in total. The number of pyridine rings is 1. The smallest absolute Gasteiger partial charge is 0.328 e. The highest BCUT2D eigenvalue weighted by Gasteiger charge is 2.43. The van der Waals surface area contributed by atoms with E-state index in [4.69, 9.17) is 19.2 Å². The summed E-state index contributed by atoms with van der Waals surface area (Å²) in [5.74, 6) is 0.895. The molecule has 0 amide bonds. The maximum absolute atomic E-state index is 13.6. The topological polar surface area (TPSA) is 72.9 Å². The van der Waals surface area contributed by atoms with Crippen LogP contribution in [0, 0.1) is 0 Å². The van der Waals surface area contributed by atoms with Gasteiger partial charge in [-0.2, -0.15) is 0 Å². The van der Waals surface area contributed by atoms with Crippen LogP contribution in [0.4, 0.5) is 5.82 Å². The predicted octanol–water partition coefficient (Wildman–Crippen LogP) is 5.61. The van der Waals surface area contributed by atoms with Crippen LogP contribution in [0.5, 0.6) is 0 Å². The van der Waals surface area contributed by atoms with Crippen molar-refractivity contribution in [2.75, 3.05) is 44.8 Å². The second-order valence-corrected chi connectivity index (χ2v) is 13.0. The Labute approximate surface area is 240 Å². The first-order valence-electron chi connectivity index (χ1n) is 15.2. The average molecular weight is 550 g/mol. The van der Waals surface area contributed by atoms with Gasteiger partial charge in [-0.3, -0.25) is 4.90 Å². The number of ether oxygens (including phenoxy) is 3. The average Bonchev–Trinajstić information content (AvgIpc) is 3.35. The number of likely N-dealkylation sites (tertiary alicyclic amines) is 1. The molecule has 2 atom stereocenters. The number of aryl methyl sites for hydroxylation is 2. The number of aromatic nitrogens is 1. The van der Waals surface area contributed by atoms with Crippen molar-refractivity contribution in [1.82, 2.24) is 9.88 Å². The quantitative estimate of drug-likeness (QED) is 0.288. The fourth-order valence-corrected chi connectivity index (χ4v) is 6.12. The number of benzene rings is 1. The fourth-order valence-electron chi connectivity index (χ4n) is 6.12. The lowest BCUT2D eigenvalue weighted by atomic mass is 9.77. The Morgan fingerprint density at radius 2 is 2.00 bits per heavy atom. The summed E-state index contributed by atoms with van der Waals surface area (Å²) in [5.41, 5.74) is 4.11. The van der Waals surface area contributed by atoms with Crippen molar-refractivity contribution >= 4 is 11.8 Å². The van der Waals surface area contributed by atoms with E-state index < -0.39 is 11.6 Å². The van der Waals surface area contributed by atoms with Crippen molar-refractivity contribution in [1.29, 1.82) is 0 Å². The molecule has 0 aliphatic carbocycles. The molecule has 3 aliphatic rings. The minimum Gasteiger partial charge on any atom is -0.459 e. The Kier molecular flexibility index (Phi) is 9.13. The van der Waals surface area contributed by atoms with Crippen LogP contribution >= 0.6 is 0 Å². The number of unbranched alkanes of at least 4 members (excludes halogenated alkanes) is 2. The van der Waals surface area contributed by atoms with E-state index in [0.717, 1.165) is 82.8 Å². The maximum Gasteiger partial charge on any atom is 0.328 e. The van der Waals surface area contributed by atoms with Gasteiger partial charge in [0.05, 0.1) is 12.7 Å². The number of carbonyl (C=O) groups excluding carboxylic acids is 1. The van der Waals surface area contributed by atoms with Crippen LogP contribution in [0.15, 0.2) is 36.4 Å². The van der Waals surface area contributed by atoms with Crippen LogP contribution in [-0.4, -0.2) is 67.0 Å². The lowest BCUT2D eigenvalue weighted by molar-refractivity contribution is -0.168. The second kappa shape index (κ2) is 12.6. The number of carbonyl (C=O) groups is 1. The summed E-state index contributed by atoms with van der Waals surface area (Å²) < 4.78 is 17.9. The summed E-state index contributed by atoms with van der Waals surface area (Å²) in [4.78, 5) is 20.6. The molecule has 5 rings (SSSR count). The van der Waals surface area contributed by atoms with Crippen molar-refractivity contribution in [3.63, 3.8) is 0 Å². The van der Waals surface area contributed by atoms with Gasteiger partial charge in [-0.05, 0) is 82.1 Å². The second-order valence-electron chi connectivity index (χ2n) is 13.0. The summed E-state index contributed by atoms with van der Waals surface area (Å²) in [6.07, 6.45) is 7.71. The fraction of sp³-hybridized carbons (Fsp3) is 0.636. The normalized spacial score (nSPS) is 22.3. The van der Waals surface area contributed by atoms with Crippen LogP contribution in [-0.2, 0) is 37.3 Å². The Bertz CT molecular complexity index is 1150. The molecule has 2 aromatic rings. The molecule has 40 heavy (non-hydrogen) atoms. The number of fused-ring (bicyclic) bond motifs is 1. The Morgan fingerprint density at radius 1 is 1.18 bits per heavy atom. The molecule has 2 unspecified atom stereocenters. The van der Waals surface area contributed by atoms with E-state index >= 15 is 0 Å². The van der Waals surface area contributed by atoms with E-state index in [9.17, 15) is 4.79 Å². The Balaban J connectivity index is 1.12. The van der Waals surface area contributed by atoms with Gasteiger partial charge < -0.3 is 19.5 Å². The highest BCUT2D eigenvalue weighted by atomic mass is 16.6. The van der Waals surface area contributed by atoms with Crippen molar-refractivity contribution in [3.8, 4) is 0 Å². The Morgan fingerprint density at radius 3 is 2.77 bits per heavy atom. The van der Waals surface area contributed by atoms with E-state index in [1.165, 1.54) is 23.2 Å². The molecule has 0 radical (unpaired) electrons. The number of nitrogens with one attached hydrogen (secondary N) is 1. The lowest BCUT2D eigenvalue weighted by Gasteiger charge is -2.44. The van der Waals surface area contributed by atoms with Gasteiger partial charge in [-0.25, -0.2) is 9.78 Å². The number of anilines is 1. The number of hydrogen-bond acceptors (Lipinski definition) is 7. The SMILES string of the molecule is CC(C)(C)OC(=O)C(c1ccccc1C1(C)CCOC1)N1CC(OCCCCCc2ccc3c(n2)NCCC3)C1. The molecule has 7 heteroatoms. The third-order valence-electron chi connectivity index (χ3n) is 8.38. The van der Waals surface area contributed by atoms with Gasteiger partial charge in [-0.1, -0.05) is 43.7 Å². The van der Waals surface area contributed by atoms with Crippen LogP contribution in [0.2, 0.25) is 0 Å². The van der Waals surface area contributed by atoms with Crippen molar-refractivity contribution < 1.29 is 19.0 Å². The number of esters is 1. The Hall–Kier alpha value is -2.48. The van der Waals surface area contributed by atoms with Gasteiger partial charge in [0.15, 0.2) is 0 Å². The largest absolute Gasteiger partial charge is 0.459 e. The molecule has 0 saturated carbocycles. The van der Waals surface area contributed by atoms with E-state index in [0.29, 0.717) is 6.61 Å². The minimum atomic E-state index is -0.545. The van der Waals surface area contributed by atoms with Gasteiger partial charge in [0.25, 0.3) is 0 Å². The molecular weight excluding hydrogens is 502 g/mol. The summed E-state index contributed by atoms with van der Waals surface area (Å²) in [5, 5.41) is 3.43. The first-order chi connectivity index (χ1) is 19.2. The van der Waals surface area contributed by atoms with Crippen LogP contribution in [0.25, 0.3) is 0 Å². The van der Waals surface area contributed by atoms with Crippen molar-refractivity contribution in [3.05, 3.63) is 58.8 Å². The predicted molar refractivity (Wildman–Crippen MR) is 158 cm³/mol. The van der Waals surface area contributed by atoms with Gasteiger partial charge in [-0.15, -0.1) is 0 Å². The third-order valence-corrected chi connectivity index (χ3v) is 8.38. The van der Waals surface area contributed by atoms with Gasteiger partial charge in [0.1, 0.15) is 17.5 Å². The molecule has 7 nitrogen and oxygen atoms in total. The van der Waals surface area contributed by atoms with Gasteiger partial charge in [0.2, 0.25) is 0 Å². The monoisotopic (exact) mass is 549 g/mol. The third kappa shape index (κ3) is 7.04. The maximum atomic E-state index is 13.6. The van der Waals surface area contributed by atoms with Crippen LogP contribution in [0.3, 0.4) is 0 Å². The molecule has 1 aromatic carbocycles. The van der Waals surface area contributed by atoms with E-state index in [2.05, 4.69) is 47.5 Å². The first kappa shape index (κ1) is 29.0. The number of rotatable bonds is 11. The number of nitrogens with zero attached hydrogens (tertiary/aromatic N) is 2. The van der Waals surface area contributed by atoms with E-state index in [-0.39, 0.29) is 17.5 Å². The summed E-state index contributed by atoms with van der Waals surface area (Å²) >= 11 is 0. The molecule has 3 aliphatic heterocycles. The molecule has 218 valence electrons. The zero-order valence-corrected chi connectivity index (χ0v) is 24.8. The molecule has 2 fully saturated rings. The molecular formula is C33H47N3O4. The van der Waals surface area contributed by atoms with Gasteiger partial charge in [0, 0.05) is 44.0 Å². The molecule has 1 aromatic heterocycles. The summed E-state index contributed by atoms with van der Waals surface area (Å²) in [7, 11) is 0. The van der Waals surface area contributed by atoms with Crippen LogP contribution in [0.1, 0.15) is 88.2 Å². The highest BCUT2D eigenvalue weighted by molar-refractivity contribution is 5.79. The molecule has 2 saturated heterocycles. The summed E-state index contributed by atoms with van der Waals surface area (Å²) in [6.45, 7) is 12.7. The van der Waals surface area contributed by atoms with Crippen molar-refractivity contribution in [2.45, 2.75) is 95.8 Å². The summed E-state index contributed by atoms with van der Waals surface area (Å²) in [6, 6.07) is 12.3. The zero-order valence-electron chi connectivity index (χ0n) is 24.8. The number of hydrogen-bond donors (Lipinski definition) is 1.